The Morgan fingerprint density at radius 3 is 1.71 bits per heavy atom. The predicted octanol–water partition coefficient (Wildman–Crippen LogP) is 5.04. The first-order valence-corrected chi connectivity index (χ1v) is 18.3. The Labute approximate surface area is 267 Å². The molecule has 0 aromatic heterocycles. The van der Waals surface area contributed by atoms with Crippen LogP contribution < -0.4 is 5.32 Å². The van der Waals surface area contributed by atoms with Gasteiger partial charge in [-0.3, -0.25) is 19.2 Å². The van der Waals surface area contributed by atoms with Gasteiger partial charge in [-0.2, -0.15) is 0 Å². The maximum absolute atomic E-state index is 12.6. The maximum Gasteiger partial charge on any atom is 0.325 e. The van der Waals surface area contributed by atoms with Crippen LogP contribution >= 0.6 is 0 Å². The van der Waals surface area contributed by atoms with Crippen LogP contribution in [-0.2, 0) is 28.7 Å². The first-order chi connectivity index (χ1) is 21.4. The van der Waals surface area contributed by atoms with Gasteiger partial charge in [0.2, 0.25) is 5.91 Å². The van der Waals surface area contributed by atoms with Crippen molar-refractivity contribution in [3.05, 3.63) is 0 Å². The van der Waals surface area contributed by atoms with Crippen molar-refractivity contribution in [2.45, 2.75) is 91.7 Å². The second kappa shape index (κ2) is 10.7. The Bertz CT molecular complexity index is 1270. The van der Waals surface area contributed by atoms with E-state index in [1.807, 2.05) is 0 Å². The fourth-order valence-corrected chi connectivity index (χ4v) is 14.2. The molecule has 20 atom stereocenters. The van der Waals surface area contributed by atoms with Gasteiger partial charge in [0.05, 0.1) is 12.3 Å². The number of nitrogens with one attached hydrogen (secondary N) is 1. The van der Waals surface area contributed by atoms with E-state index in [9.17, 15) is 19.2 Å². The van der Waals surface area contributed by atoms with Gasteiger partial charge in [0.1, 0.15) is 18.8 Å². The summed E-state index contributed by atoms with van der Waals surface area (Å²) in [5, 5.41) is 11.7. The van der Waals surface area contributed by atoms with Gasteiger partial charge in [-0.05, 0) is 140 Å². The van der Waals surface area contributed by atoms with Crippen LogP contribution in [0.1, 0.15) is 79.6 Å². The molecule has 8 heteroatoms. The Hall–Kier alpha value is -2.12. The zero-order chi connectivity index (χ0) is 31.6. The van der Waals surface area contributed by atoms with E-state index in [-0.39, 0.29) is 48.8 Å². The molecule has 8 bridgehead atoms. The van der Waals surface area contributed by atoms with Crippen LogP contribution in [0.3, 0.4) is 0 Å². The highest BCUT2D eigenvalue weighted by Gasteiger charge is 2.68. The highest BCUT2D eigenvalue weighted by molar-refractivity contribution is 5.85. The molecular formula is C37H53NO7. The Kier molecular flexibility index (Phi) is 7.19. The molecule has 9 fully saturated rings. The third kappa shape index (κ3) is 4.41. The molecule has 9 rings (SSSR count). The zero-order valence-electron chi connectivity index (χ0n) is 27.6. The summed E-state index contributed by atoms with van der Waals surface area (Å²) in [6, 6.07) is -0.776. The van der Waals surface area contributed by atoms with E-state index in [0.717, 1.165) is 95.7 Å². The maximum atomic E-state index is 12.6. The van der Waals surface area contributed by atoms with Gasteiger partial charge >= 0.3 is 17.9 Å². The number of hydrogen-bond donors (Lipinski definition) is 2. The SMILES string of the molecule is CC(NC(=O)C1CC2CC1C1C3CC(C(C)C3C)C21)C(=O)O.CC1C(C)C2CC1C1C3CC(C(=O)OC4COC(=O)C4)C(C3)C21. The second-order valence-corrected chi connectivity index (χ2v) is 17.4. The van der Waals surface area contributed by atoms with Crippen LogP contribution in [0.5, 0.6) is 0 Å². The average Bonchev–Trinajstić information content (AvgIpc) is 3.84. The third-order valence-corrected chi connectivity index (χ3v) is 16.2. The number of aliphatic carboxylic acids is 1. The molecule has 1 amide bonds. The summed E-state index contributed by atoms with van der Waals surface area (Å²) in [5.74, 6) is 11.5. The average molecular weight is 624 g/mol. The van der Waals surface area contributed by atoms with Gasteiger partial charge in [0.25, 0.3) is 0 Å². The predicted molar refractivity (Wildman–Crippen MR) is 164 cm³/mol. The minimum Gasteiger partial charge on any atom is -0.480 e. The summed E-state index contributed by atoms with van der Waals surface area (Å²) < 4.78 is 10.5. The molecular weight excluding hydrogens is 570 g/mol. The van der Waals surface area contributed by atoms with E-state index in [4.69, 9.17) is 14.6 Å². The number of amides is 1. The smallest absolute Gasteiger partial charge is 0.325 e. The van der Waals surface area contributed by atoms with Crippen molar-refractivity contribution in [1.82, 2.24) is 5.32 Å². The molecule has 1 heterocycles. The lowest BCUT2D eigenvalue weighted by atomic mass is 9.62. The monoisotopic (exact) mass is 623 g/mol. The van der Waals surface area contributed by atoms with Crippen molar-refractivity contribution in [3.63, 3.8) is 0 Å². The van der Waals surface area contributed by atoms with Gasteiger partial charge in [0.15, 0.2) is 0 Å². The van der Waals surface area contributed by atoms with E-state index in [0.29, 0.717) is 11.8 Å². The van der Waals surface area contributed by atoms with Crippen molar-refractivity contribution in [1.29, 1.82) is 0 Å². The number of cyclic esters (lactones) is 1. The van der Waals surface area contributed by atoms with Crippen molar-refractivity contribution >= 4 is 23.8 Å². The normalized spacial score (nSPS) is 54.3. The number of hydrogen-bond acceptors (Lipinski definition) is 6. The van der Waals surface area contributed by atoms with E-state index < -0.39 is 12.0 Å². The molecule has 0 aromatic rings. The minimum absolute atomic E-state index is 0.00988. The number of rotatable bonds is 5. The van der Waals surface area contributed by atoms with Crippen LogP contribution in [0, 0.1) is 107 Å². The van der Waals surface area contributed by atoms with Crippen LogP contribution in [-0.4, -0.2) is 47.7 Å². The van der Waals surface area contributed by atoms with Gasteiger partial charge in [-0.15, -0.1) is 0 Å². The lowest BCUT2D eigenvalue weighted by Gasteiger charge is -2.43. The summed E-state index contributed by atoms with van der Waals surface area (Å²) in [6.07, 6.45) is 7.14. The molecule has 2 N–H and O–H groups in total. The molecule has 20 unspecified atom stereocenters. The molecule has 1 saturated heterocycles. The number of carbonyl (C=O) groups excluding carboxylic acids is 3. The number of carboxylic acids is 1. The fraction of sp³-hybridized carbons (Fsp3) is 0.892. The van der Waals surface area contributed by atoms with E-state index in [2.05, 4.69) is 33.0 Å². The molecule has 248 valence electrons. The quantitative estimate of drug-likeness (QED) is 0.325. The van der Waals surface area contributed by atoms with Crippen LogP contribution in [0.2, 0.25) is 0 Å². The van der Waals surface area contributed by atoms with Crippen molar-refractivity contribution in [3.8, 4) is 0 Å². The highest BCUT2D eigenvalue weighted by atomic mass is 16.6. The van der Waals surface area contributed by atoms with E-state index in [1.165, 1.54) is 25.7 Å². The summed E-state index contributed by atoms with van der Waals surface area (Å²) in [5.41, 5.74) is 0. The first-order valence-electron chi connectivity index (χ1n) is 18.3. The number of ether oxygens (including phenoxy) is 2. The molecule has 8 aliphatic carbocycles. The molecule has 0 aromatic carbocycles. The fourth-order valence-electron chi connectivity index (χ4n) is 14.2. The van der Waals surface area contributed by atoms with Crippen molar-refractivity contribution < 1.29 is 33.8 Å². The zero-order valence-corrected chi connectivity index (χ0v) is 27.6. The van der Waals surface area contributed by atoms with E-state index in [1.54, 1.807) is 6.92 Å². The van der Waals surface area contributed by atoms with Gasteiger partial charge in [-0.1, -0.05) is 27.7 Å². The van der Waals surface area contributed by atoms with Gasteiger partial charge in [0, 0.05) is 5.92 Å². The van der Waals surface area contributed by atoms with Crippen LogP contribution in [0.25, 0.3) is 0 Å². The Balaban J connectivity index is 0.000000134. The summed E-state index contributed by atoms with van der Waals surface area (Å²) in [6.45, 7) is 11.5. The van der Waals surface area contributed by atoms with Crippen LogP contribution in [0.15, 0.2) is 0 Å². The second-order valence-electron chi connectivity index (χ2n) is 17.4. The Morgan fingerprint density at radius 2 is 1.22 bits per heavy atom. The molecule has 9 aliphatic rings. The third-order valence-electron chi connectivity index (χ3n) is 16.2. The topological polar surface area (TPSA) is 119 Å². The van der Waals surface area contributed by atoms with Crippen LogP contribution in [0.4, 0.5) is 0 Å². The Morgan fingerprint density at radius 1 is 0.733 bits per heavy atom. The molecule has 0 radical (unpaired) electrons. The molecule has 8 saturated carbocycles. The summed E-state index contributed by atoms with van der Waals surface area (Å²) in [7, 11) is 0. The molecule has 1 aliphatic heterocycles. The largest absolute Gasteiger partial charge is 0.480 e. The van der Waals surface area contributed by atoms with Crippen molar-refractivity contribution in [2.75, 3.05) is 6.61 Å². The van der Waals surface area contributed by atoms with Gasteiger partial charge < -0.3 is 19.9 Å². The van der Waals surface area contributed by atoms with Gasteiger partial charge in [-0.25, -0.2) is 0 Å². The lowest BCUT2D eigenvalue weighted by molar-refractivity contribution is -0.158. The highest BCUT2D eigenvalue weighted by Crippen LogP contribution is 2.72. The standard InChI is InChI=1S/C19H26O4.C18H27NO3/c1-8-9(2)13-6-12(8)17-10-3-14(18(13)17)15(4-10)19(21)23-11-5-16(20)22-7-11;1-7-8(2)12-6-11(7)15-10-4-13(16(12)15)14(5-10)17(20)19-9(3)18(21)22/h8-15,17-18H,3-7H2,1-2H3;7-16H,4-6H2,1-3H3,(H,19,20)(H,21,22). The number of carbonyl (C=O) groups is 4. The van der Waals surface area contributed by atoms with E-state index >= 15 is 0 Å². The number of fused-ring (bicyclic) bond motifs is 18. The minimum atomic E-state index is -0.947. The number of carboxylic acid groups (broad SMARTS) is 1. The lowest BCUT2D eigenvalue weighted by Crippen LogP contribution is -2.46. The summed E-state index contributed by atoms with van der Waals surface area (Å²) >= 11 is 0. The first kappa shape index (κ1) is 30.2. The molecule has 8 nitrogen and oxygen atoms in total. The van der Waals surface area contributed by atoms with Crippen molar-refractivity contribution in [2.24, 2.45) is 107 Å². The molecule has 0 spiro atoms. The molecule has 45 heavy (non-hydrogen) atoms. The summed E-state index contributed by atoms with van der Waals surface area (Å²) in [4.78, 5) is 47.3. The number of esters is 2.